The highest BCUT2D eigenvalue weighted by Gasteiger charge is 2.25. The lowest BCUT2D eigenvalue weighted by Gasteiger charge is -2.30. The van der Waals surface area contributed by atoms with Crippen LogP contribution in [0.25, 0.3) is 0 Å². The highest BCUT2D eigenvalue weighted by molar-refractivity contribution is 9.10. The predicted molar refractivity (Wildman–Crippen MR) is 85.0 cm³/mol. The fraction of sp³-hybridized carbons (Fsp3) is 0.188. The van der Waals surface area contributed by atoms with Crippen molar-refractivity contribution in [1.29, 1.82) is 0 Å². The number of nitrogens with zero attached hydrogens (tertiary/aromatic N) is 1. The van der Waals surface area contributed by atoms with Gasteiger partial charge in [0.15, 0.2) is 0 Å². The van der Waals surface area contributed by atoms with Crippen LogP contribution in [0.3, 0.4) is 0 Å². The maximum Gasteiger partial charge on any atom is 0.259 e. The third kappa shape index (κ3) is 2.53. The average Bonchev–Trinajstić information content (AvgIpc) is 2.48. The standard InChI is InChI=1S/C16H14BrFN2O/c17-15-12(4-1-5-13(15)18)16(21)20-8-2-3-10-9-11(19)6-7-14(10)20/h1,4-7,9H,2-3,8,19H2. The molecule has 3 rings (SSSR count). The van der Waals surface area contributed by atoms with E-state index in [1.165, 1.54) is 6.07 Å². The maximum absolute atomic E-state index is 13.6. The Kier molecular flexibility index (Phi) is 3.68. The summed E-state index contributed by atoms with van der Waals surface area (Å²) in [6.07, 6.45) is 1.77. The minimum absolute atomic E-state index is 0.202. The van der Waals surface area contributed by atoms with Crippen LogP contribution in [0, 0.1) is 5.82 Å². The second kappa shape index (κ2) is 5.48. The van der Waals surface area contributed by atoms with E-state index in [9.17, 15) is 9.18 Å². The van der Waals surface area contributed by atoms with Gasteiger partial charge in [-0.25, -0.2) is 4.39 Å². The predicted octanol–water partition coefficient (Wildman–Crippen LogP) is 3.76. The summed E-state index contributed by atoms with van der Waals surface area (Å²) in [4.78, 5) is 14.4. The average molecular weight is 349 g/mol. The molecule has 0 saturated heterocycles. The number of hydrogen-bond donors (Lipinski definition) is 1. The molecule has 108 valence electrons. The van der Waals surface area contributed by atoms with E-state index in [2.05, 4.69) is 15.9 Å². The van der Waals surface area contributed by atoms with Crippen LogP contribution in [0.15, 0.2) is 40.9 Å². The van der Waals surface area contributed by atoms with E-state index in [1.807, 2.05) is 12.1 Å². The third-order valence-electron chi connectivity index (χ3n) is 3.65. The highest BCUT2D eigenvalue weighted by Crippen LogP contribution is 2.31. The Morgan fingerprint density at radius 3 is 2.90 bits per heavy atom. The largest absolute Gasteiger partial charge is 0.399 e. The summed E-state index contributed by atoms with van der Waals surface area (Å²) >= 11 is 3.16. The Labute approximate surface area is 130 Å². The molecular weight excluding hydrogens is 335 g/mol. The third-order valence-corrected chi connectivity index (χ3v) is 4.46. The first-order valence-electron chi connectivity index (χ1n) is 6.72. The summed E-state index contributed by atoms with van der Waals surface area (Å²) in [7, 11) is 0. The van der Waals surface area contributed by atoms with E-state index in [0.717, 1.165) is 24.1 Å². The Bertz CT molecular complexity index is 717. The van der Waals surface area contributed by atoms with E-state index in [1.54, 1.807) is 23.1 Å². The van der Waals surface area contributed by atoms with Crippen molar-refractivity contribution in [3.8, 4) is 0 Å². The molecule has 0 saturated carbocycles. The number of halogens is 2. The number of carbonyl (C=O) groups is 1. The Morgan fingerprint density at radius 2 is 2.10 bits per heavy atom. The van der Waals surface area contributed by atoms with E-state index in [0.29, 0.717) is 17.8 Å². The molecule has 21 heavy (non-hydrogen) atoms. The fourth-order valence-corrected chi connectivity index (χ4v) is 3.08. The van der Waals surface area contributed by atoms with Gasteiger partial charge in [-0.15, -0.1) is 0 Å². The number of fused-ring (bicyclic) bond motifs is 1. The number of hydrogen-bond acceptors (Lipinski definition) is 2. The van der Waals surface area contributed by atoms with Crippen molar-refractivity contribution in [1.82, 2.24) is 0 Å². The maximum atomic E-state index is 13.6. The Morgan fingerprint density at radius 1 is 1.29 bits per heavy atom. The van der Waals surface area contributed by atoms with Gasteiger partial charge in [-0.05, 0) is 64.7 Å². The fourth-order valence-electron chi connectivity index (χ4n) is 2.64. The van der Waals surface area contributed by atoms with Crippen molar-refractivity contribution < 1.29 is 9.18 Å². The van der Waals surface area contributed by atoms with E-state index in [4.69, 9.17) is 5.73 Å². The summed E-state index contributed by atoms with van der Waals surface area (Å²) in [5.41, 5.74) is 8.74. The molecule has 0 aromatic heterocycles. The lowest BCUT2D eigenvalue weighted by molar-refractivity contribution is 0.0984. The minimum Gasteiger partial charge on any atom is -0.399 e. The van der Waals surface area contributed by atoms with Crippen molar-refractivity contribution in [3.63, 3.8) is 0 Å². The summed E-state index contributed by atoms with van der Waals surface area (Å²) < 4.78 is 13.8. The lowest BCUT2D eigenvalue weighted by atomic mass is 10.00. The van der Waals surface area contributed by atoms with E-state index >= 15 is 0 Å². The molecule has 0 atom stereocenters. The van der Waals surface area contributed by atoms with E-state index in [-0.39, 0.29) is 10.4 Å². The first-order valence-corrected chi connectivity index (χ1v) is 7.51. The summed E-state index contributed by atoms with van der Waals surface area (Å²) in [5.74, 6) is -0.637. The Hall–Kier alpha value is -1.88. The molecule has 2 N–H and O–H groups in total. The molecule has 0 fully saturated rings. The van der Waals surface area contributed by atoms with Crippen LogP contribution in [-0.4, -0.2) is 12.5 Å². The first kappa shape index (κ1) is 14.1. The van der Waals surface area contributed by atoms with Gasteiger partial charge in [0.25, 0.3) is 5.91 Å². The first-order chi connectivity index (χ1) is 10.1. The van der Waals surface area contributed by atoms with Gasteiger partial charge in [-0.2, -0.15) is 0 Å². The zero-order valence-electron chi connectivity index (χ0n) is 11.3. The zero-order valence-corrected chi connectivity index (χ0v) is 12.9. The van der Waals surface area contributed by atoms with Crippen molar-refractivity contribution in [2.75, 3.05) is 17.2 Å². The molecule has 1 aliphatic heterocycles. The number of anilines is 2. The second-order valence-electron chi connectivity index (χ2n) is 5.05. The van der Waals surface area contributed by atoms with Crippen molar-refractivity contribution in [2.45, 2.75) is 12.8 Å². The molecule has 1 heterocycles. The molecule has 5 heteroatoms. The number of nitrogens with two attached hydrogens (primary N) is 1. The monoisotopic (exact) mass is 348 g/mol. The lowest BCUT2D eigenvalue weighted by Crippen LogP contribution is -2.35. The molecule has 1 amide bonds. The number of rotatable bonds is 1. The SMILES string of the molecule is Nc1ccc2c(c1)CCCN2C(=O)c1cccc(F)c1Br. The van der Waals surface area contributed by atoms with Crippen LogP contribution < -0.4 is 10.6 Å². The minimum atomic E-state index is -0.435. The van der Waals surface area contributed by atoms with Gasteiger partial charge in [-0.1, -0.05) is 6.07 Å². The van der Waals surface area contributed by atoms with E-state index < -0.39 is 5.82 Å². The summed E-state index contributed by atoms with van der Waals surface area (Å²) in [6.45, 7) is 0.624. The summed E-state index contributed by atoms with van der Waals surface area (Å²) in [6, 6.07) is 10.0. The van der Waals surface area contributed by atoms with Crippen molar-refractivity contribution in [3.05, 3.63) is 57.8 Å². The zero-order chi connectivity index (χ0) is 15.0. The number of nitrogen functional groups attached to an aromatic ring is 1. The van der Waals surface area contributed by atoms with Crippen LogP contribution in [0.5, 0.6) is 0 Å². The highest BCUT2D eigenvalue weighted by atomic mass is 79.9. The number of benzene rings is 2. The molecule has 0 unspecified atom stereocenters. The van der Waals surface area contributed by atoms with Gasteiger partial charge in [0.05, 0.1) is 10.0 Å². The smallest absolute Gasteiger partial charge is 0.259 e. The van der Waals surface area contributed by atoms with Crippen molar-refractivity contribution in [2.24, 2.45) is 0 Å². The van der Waals surface area contributed by atoms with Gasteiger partial charge >= 0.3 is 0 Å². The quantitative estimate of drug-likeness (QED) is 0.797. The van der Waals surface area contributed by atoms with Crippen LogP contribution in [-0.2, 0) is 6.42 Å². The molecule has 0 aliphatic carbocycles. The molecule has 0 spiro atoms. The molecule has 0 radical (unpaired) electrons. The van der Waals surface area contributed by atoms with Crippen LogP contribution in [0.2, 0.25) is 0 Å². The number of amides is 1. The van der Waals surface area contributed by atoms with Crippen molar-refractivity contribution >= 4 is 33.2 Å². The van der Waals surface area contributed by atoms with Gasteiger partial charge in [0.2, 0.25) is 0 Å². The van der Waals surface area contributed by atoms with Gasteiger partial charge < -0.3 is 10.6 Å². The number of aryl methyl sites for hydroxylation is 1. The molecule has 0 bridgehead atoms. The molecular formula is C16H14BrFN2O. The van der Waals surface area contributed by atoms with Crippen LogP contribution >= 0.6 is 15.9 Å². The number of carbonyl (C=O) groups excluding carboxylic acids is 1. The Balaban J connectivity index is 2.02. The topological polar surface area (TPSA) is 46.3 Å². The molecule has 2 aromatic rings. The molecule has 1 aliphatic rings. The van der Waals surface area contributed by atoms with Crippen LogP contribution in [0.1, 0.15) is 22.3 Å². The van der Waals surface area contributed by atoms with Gasteiger partial charge in [0.1, 0.15) is 5.82 Å². The van der Waals surface area contributed by atoms with Crippen LogP contribution in [0.4, 0.5) is 15.8 Å². The molecule has 2 aromatic carbocycles. The normalized spacial score (nSPS) is 13.9. The van der Waals surface area contributed by atoms with Gasteiger partial charge in [-0.3, -0.25) is 4.79 Å². The molecule has 3 nitrogen and oxygen atoms in total. The summed E-state index contributed by atoms with van der Waals surface area (Å²) in [5, 5.41) is 0. The second-order valence-corrected chi connectivity index (χ2v) is 5.84. The van der Waals surface area contributed by atoms with Gasteiger partial charge in [0, 0.05) is 17.9 Å².